The van der Waals surface area contributed by atoms with Crippen molar-refractivity contribution >= 4 is 11.6 Å². The number of ether oxygens (including phenoxy) is 2. The van der Waals surface area contributed by atoms with Crippen LogP contribution in [0.5, 0.6) is 11.5 Å². The third-order valence-electron chi connectivity index (χ3n) is 5.02. The van der Waals surface area contributed by atoms with E-state index in [0.717, 1.165) is 28.2 Å². The fourth-order valence-electron chi connectivity index (χ4n) is 3.63. The first kappa shape index (κ1) is 19.8. The van der Waals surface area contributed by atoms with Gasteiger partial charge in [-0.3, -0.25) is 4.79 Å². The average Bonchev–Trinajstić information content (AvgIpc) is 3.41. The van der Waals surface area contributed by atoms with Crippen LogP contribution in [0.1, 0.15) is 34.9 Å². The Morgan fingerprint density at radius 1 is 1.10 bits per heavy atom. The van der Waals surface area contributed by atoms with Crippen molar-refractivity contribution in [2.24, 2.45) is 5.10 Å². The molecule has 3 aromatic rings. The molecule has 0 saturated carbocycles. The highest BCUT2D eigenvalue weighted by Crippen LogP contribution is 2.33. The number of hydrazone groups is 1. The molecule has 2 heterocycles. The summed E-state index contributed by atoms with van der Waals surface area (Å²) in [5.41, 5.74) is 3.94. The standard InChI is InChI=1S/C24H24N2O4/c1-16-11-17(2)13-20(12-16)30-15-24(27)26-22(23-5-4-10-29-23)14-21(25-26)18-6-8-19(28-3)9-7-18/h4-13,22H,14-15H2,1-3H3. The summed E-state index contributed by atoms with van der Waals surface area (Å²) in [6, 6.07) is 16.9. The summed E-state index contributed by atoms with van der Waals surface area (Å²) >= 11 is 0. The van der Waals surface area contributed by atoms with E-state index < -0.39 is 0 Å². The molecule has 0 N–H and O–H groups in total. The summed E-state index contributed by atoms with van der Waals surface area (Å²) in [5.74, 6) is 1.92. The summed E-state index contributed by atoms with van der Waals surface area (Å²) < 4.78 is 16.6. The maximum absolute atomic E-state index is 13.0. The second kappa shape index (κ2) is 8.45. The summed E-state index contributed by atoms with van der Waals surface area (Å²) in [7, 11) is 1.63. The van der Waals surface area contributed by atoms with Crippen molar-refractivity contribution in [3.63, 3.8) is 0 Å². The van der Waals surface area contributed by atoms with E-state index in [0.29, 0.717) is 17.9 Å². The molecule has 0 saturated heterocycles. The Labute approximate surface area is 175 Å². The van der Waals surface area contributed by atoms with Crippen molar-refractivity contribution in [2.75, 3.05) is 13.7 Å². The minimum absolute atomic E-state index is 0.0977. The molecule has 1 atom stereocenters. The fourth-order valence-corrected chi connectivity index (χ4v) is 3.63. The van der Waals surface area contributed by atoms with Gasteiger partial charge in [0.2, 0.25) is 0 Å². The quantitative estimate of drug-likeness (QED) is 0.599. The molecular formula is C24H24N2O4. The van der Waals surface area contributed by atoms with Crippen LogP contribution in [0.3, 0.4) is 0 Å². The molecule has 4 rings (SSSR count). The first-order chi connectivity index (χ1) is 14.5. The second-order valence-corrected chi connectivity index (χ2v) is 7.36. The lowest BCUT2D eigenvalue weighted by Crippen LogP contribution is -2.31. The Morgan fingerprint density at radius 3 is 2.47 bits per heavy atom. The van der Waals surface area contributed by atoms with Crippen LogP contribution in [0.25, 0.3) is 0 Å². The zero-order chi connectivity index (χ0) is 21.1. The highest BCUT2D eigenvalue weighted by atomic mass is 16.5. The van der Waals surface area contributed by atoms with E-state index in [4.69, 9.17) is 13.9 Å². The lowest BCUT2D eigenvalue weighted by atomic mass is 10.0. The molecule has 0 radical (unpaired) electrons. The van der Waals surface area contributed by atoms with Crippen LogP contribution in [-0.4, -0.2) is 30.3 Å². The van der Waals surface area contributed by atoms with E-state index in [-0.39, 0.29) is 18.6 Å². The lowest BCUT2D eigenvalue weighted by Gasteiger charge is -2.20. The van der Waals surface area contributed by atoms with Crippen LogP contribution < -0.4 is 9.47 Å². The molecule has 6 heteroatoms. The molecule has 0 bridgehead atoms. The normalized spacial score (nSPS) is 15.8. The number of carbonyl (C=O) groups is 1. The van der Waals surface area contributed by atoms with Crippen LogP contribution in [0, 0.1) is 13.8 Å². The lowest BCUT2D eigenvalue weighted by molar-refractivity contribution is -0.135. The Bertz CT molecular complexity index is 1040. The molecule has 0 spiro atoms. The van der Waals surface area contributed by atoms with E-state index in [9.17, 15) is 4.79 Å². The molecule has 6 nitrogen and oxygen atoms in total. The van der Waals surface area contributed by atoms with Crippen LogP contribution in [0.2, 0.25) is 0 Å². The van der Waals surface area contributed by atoms with Gasteiger partial charge in [-0.25, -0.2) is 5.01 Å². The van der Waals surface area contributed by atoms with E-state index in [1.165, 1.54) is 5.01 Å². The molecule has 0 fully saturated rings. The molecule has 1 aliphatic heterocycles. The fraction of sp³-hybridized carbons (Fsp3) is 0.250. The van der Waals surface area contributed by atoms with Crippen molar-refractivity contribution in [1.29, 1.82) is 0 Å². The van der Waals surface area contributed by atoms with Gasteiger partial charge in [0.15, 0.2) is 6.61 Å². The van der Waals surface area contributed by atoms with Crippen LogP contribution in [0.15, 0.2) is 70.4 Å². The number of methoxy groups -OCH3 is 1. The maximum atomic E-state index is 13.0. The minimum atomic E-state index is -0.299. The van der Waals surface area contributed by atoms with Gasteiger partial charge in [-0.2, -0.15) is 5.10 Å². The van der Waals surface area contributed by atoms with Gasteiger partial charge in [0, 0.05) is 6.42 Å². The molecule has 30 heavy (non-hydrogen) atoms. The first-order valence-corrected chi connectivity index (χ1v) is 9.82. The zero-order valence-corrected chi connectivity index (χ0v) is 17.3. The van der Waals surface area contributed by atoms with Gasteiger partial charge in [0.1, 0.15) is 23.3 Å². The van der Waals surface area contributed by atoms with Gasteiger partial charge in [-0.1, -0.05) is 6.07 Å². The van der Waals surface area contributed by atoms with Gasteiger partial charge in [0.25, 0.3) is 5.91 Å². The molecular weight excluding hydrogens is 380 g/mol. The van der Waals surface area contributed by atoms with Crippen LogP contribution in [0.4, 0.5) is 0 Å². The van der Waals surface area contributed by atoms with Gasteiger partial charge in [-0.05, 0) is 79.1 Å². The Morgan fingerprint density at radius 2 is 1.83 bits per heavy atom. The smallest absolute Gasteiger partial charge is 0.281 e. The molecule has 154 valence electrons. The number of amides is 1. The number of benzene rings is 2. The summed E-state index contributed by atoms with van der Waals surface area (Å²) in [5, 5.41) is 6.09. The predicted octanol–water partition coefficient (Wildman–Crippen LogP) is 4.66. The van der Waals surface area contributed by atoms with E-state index in [1.54, 1.807) is 13.4 Å². The molecule has 1 aromatic heterocycles. The van der Waals surface area contributed by atoms with E-state index in [2.05, 4.69) is 11.2 Å². The number of nitrogens with zero attached hydrogens (tertiary/aromatic N) is 2. The van der Waals surface area contributed by atoms with Crippen molar-refractivity contribution < 1.29 is 18.7 Å². The minimum Gasteiger partial charge on any atom is -0.497 e. The van der Waals surface area contributed by atoms with E-state index >= 15 is 0 Å². The number of hydrogen-bond donors (Lipinski definition) is 0. The average molecular weight is 404 g/mol. The van der Waals surface area contributed by atoms with Crippen LogP contribution in [-0.2, 0) is 4.79 Å². The van der Waals surface area contributed by atoms with Crippen molar-refractivity contribution in [1.82, 2.24) is 5.01 Å². The summed E-state index contributed by atoms with van der Waals surface area (Å²) in [6.45, 7) is 3.90. The Kier molecular flexibility index (Phi) is 5.57. The number of furan rings is 1. The Hall–Kier alpha value is -3.54. The predicted molar refractivity (Wildman–Crippen MR) is 114 cm³/mol. The monoisotopic (exact) mass is 404 g/mol. The highest BCUT2D eigenvalue weighted by Gasteiger charge is 2.35. The van der Waals surface area contributed by atoms with Crippen molar-refractivity contribution in [3.8, 4) is 11.5 Å². The van der Waals surface area contributed by atoms with Gasteiger partial charge >= 0.3 is 0 Å². The van der Waals surface area contributed by atoms with Gasteiger partial charge < -0.3 is 13.9 Å². The largest absolute Gasteiger partial charge is 0.497 e. The zero-order valence-electron chi connectivity index (χ0n) is 17.3. The summed E-state index contributed by atoms with van der Waals surface area (Å²) in [4.78, 5) is 13.0. The van der Waals surface area contributed by atoms with Gasteiger partial charge in [-0.15, -0.1) is 0 Å². The molecule has 2 aromatic carbocycles. The number of rotatable bonds is 6. The van der Waals surface area contributed by atoms with Crippen molar-refractivity contribution in [3.05, 3.63) is 83.3 Å². The van der Waals surface area contributed by atoms with Gasteiger partial charge in [0.05, 0.1) is 19.1 Å². The van der Waals surface area contributed by atoms with E-state index in [1.807, 2.05) is 62.4 Å². The SMILES string of the molecule is COc1ccc(C2=NN(C(=O)COc3cc(C)cc(C)c3)C(c3ccco3)C2)cc1. The topological polar surface area (TPSA) is 64.3 Å². The third kappa shape index (κ3) is 4.22. The second-order valence-electron chi connectivity index (χ2n) is 7.36. The number of hydrogen-bond acceptors (Lipinski definition) is 5. The molecule has 1 amide bonds. The maximum Gasteiger partial charge on any atom is 0.281 e. The first-order valence-electron chi connectivity index (χ1n) is 9.82. The van der Waals surface area contributed by atoms with Crippen LogP contribution >= 0.6 is 0 Å². The molecule has 0 aliphatic carbocycles. The molecule has 1 aliphatic rings. The third-order valence-corrected chi connectivity index (χ3v) is 5.02. The molecule has 1 unspecified atom stereocenters. The highest BCUT2D eigenvalue weighted by molar-refractivity contribution is 6.03. The summed E-state index contributed by atoms with van der Waals surface area (Å²) in [6.07, 6.45) is 2.17. The van der Waals surface area contributed by atoms with Crippen molar-refractivity contribution in [2.45, 2.75) is 26.3 Å². The number of carbonyl (C=O) groups excluding carboxylic acids is 1. The Balaban J connectivity index is 1.55. The number of aryl methyl sites for hydroxylation is 2.